The standard InChI is InChI=1S/C12H17ClN2O2/c1-3-10(14)12(16)15-7-8-9(13)5-4-6-11(8)17-2/h4-6,10H,3,7,14H2,1-2H3,(H,15,16)/t10-/m0/s1. The van der Waals surface area contributed by atoms with Gasteiger partial charge < -0.3 is 15.8 Å². The van der Waals surface area contributed by atoms with Crippen molar-refractivity contribution in [3.63, 3.8) is 0 Å². The van der Waals surface area contributed by atoms with Gasteiger partial charge in [0.15, 0.2) is 0 Å². The Balaban J connectivity index is 2.72. The maximum Gasteiger partial charge on any atom is 0.237 e. The summed E-state index contributed by atoms with van der Waals surface area (Å²) in [5, 5.41) is 3.30. The van der Waals surface area contributed by atoms with Crippen LogP contribution in [0, 0.1) is 0 Å². The molecule has 0 aliphatic rings. The quantitative estimate of drug-likeness (QED) is 0.843. The maximum absolute atomic E-state index is 11.5. The van der Waals surface area contributed by atoms with Crippen molar-refractivity contribution in [1.29, 1.82) is 0 Å². The number of methoxy groups -OCH3 is 1. The van der Waals surface area contributed by atoms with Gasteiger partial charge in [-0.15, -0.1) is 0 Å². The molecule has 5 heteroatoms. The molecule has 4 nitrogen and oxygen atoms in total. The zero-order valence-electron chi connectivity index (χ0n) is 10.00. The van der Waals surface area contributed by atoms with Gasteiger partial charge in [-0.1, -0.05) is 24.6 Å². The van der Waals surface area contributed by atoms with Gasteiger partial charge in [-0.25, -0.2) is 0 Å². The van der Waals surface area contributed by atoms with Crippen molar-refractivity contribution in [3.8, 4) is 5.75 Å². The molecule has 1 amide bonds. The predicted molar refractivity (Wildman–Crippen MR) is 68.1 cm³/mol. The molecule has 17 heavy (non-hydrogen) atoms. The lowest BCUT2D eigenvalue weighted by atomic mass is 10.2. The molecule has 1 atom stereocenters. The van der Waals surface area contributed by atoms with E-state index in [1.165, 1.54) is 0 Å². The van der Waals surface area contributed by atoms with Crippen molar-refractivity contribution < 1.29 is 9.53 Å². The first-order chi connectivity index (χ1) is 8.10. The lowest BCUT2D eigenvalue weighted by Gasteiger charge is -2.13. The Labute approximate surface area is 106 Å². The van der Waals surface area contributed by atoms with Crippen LogP contribution in [-0.4, -0.2) is 19.1 Å². The first kappa shape index (κ1) is 13.8. The number of nitrogens with one attached hydrogen (secondary N) is 1. The van der Waals surface area contributed by atoms with Crippen LogP contribution in [0.1, 0.15) is 18.9 Å². The van der Waals surface area contributed by atoms with E-state index in [9.17, 15) is 4.79 Å². The second-order valence-corrected chi connectivity index (χ2v) is 4.06. The van der Waals surface area contributed by atoms with Crippen LogP contribution in [0.2, 0.25) is 5.02 Å². The molecule has 1 aromatic rings. The van der Waals surface area contributed by atoms with Crippen molar-refractivity contribution in [1.82, 2.24) is 5.32 Å². The smallest absolute Gasteiger partial charge is 0.237 e. The number of amides is 1. The Morgan fingerprint density at radius 3 is 2.88 bits per heavy atom. The Morgan fingerprint density at radius 2 is 2.29 bits per heavy atom. The average molecular weight is 257 g/mol. The number of benzene rings is 1. The lowest BCUT2D eigenvalue weighted by molar-refractivity contribution is -0.122. The van der Waals surface area contributed by atoms with Crippen LogP contribution in [0.5, 0.6) is 5.75 Å². The third kappa shape index (κ3) is 3.61. The van der Waals surface area contributed by atoms with E-state index in [1.54, 1.807) is 25.3 Å². The van der Waals surface area contributed by atoms with Gasteiger partial charge in [0, 0.05) is 17.1 Å². The maximum atomic E-state index is 11.5. The van der Waals surface area contributed by atoms with Crippen molar-refractivity contribution in [2.24, 2.45) is 5.73 Å². The number of carbonyl (C=O) groups is 1. The number of ether oxygens (including phenoxy) is 1. The minimum Gasteiger partial charge on any atom is -0.496 e. The van der Waals surface area contributed by atoms with Gasteiger partial charge in [-0.05, 0) is 18.6 Å². The molecule has 0 aromatic heterocycles. The monoisotopic (exact) mass is 256 g/mol. The fourth-order valence-electron chi connectivity index (χ4n) is 1.39. The summed E-state index contributed by atoms with van der Waals surface area (Å²) in [6, 6.07) is 4.87. The number of hydrogen-bond acceptors (Lipinski definition) is 3. The Hall–Kier alpha value is -1.26. The molecule has 94 valence electrons. The van der Waals surface area contributed by atoms with Crippen LogP contribution in [-0.2, 0) is 11.3 Å². The van der Waals surface area contributed by atoms with Gasteiger partial charge in [0.2, 0.25) is 5.91 Å². The minimum absolute atomic E-state index is 0.186. The molecule has 0 fully saturated rings. The van der Waals surface area contributed by atoms with Gasteiger partial charge in [-0.2, -0.15) is 0 Å². The van der Waals surface area contributed by atoms with E-state index in [1.807, 2.05) is 6.92 Å². The molecule has 0 heterocycles. The molecule has 1 aromatic carbocycles. The Morgan fingerprint density at radius 1 is 1.59 bits per heavy atom. The molecule has 0 saturated carbocycles. The van der Waals surface area contributed by atoms with E-state index in [2.05, 4.69) is 5.32 Å². The highest BCUT2D eigenvalue weighted by Gasteiger charge is 2.13. The highest BCUT2D eigenvalue weighted by molar-refractivity contribution is 6.31. The number of hydrogen-bond donors (Lipinski definition) is 2. The molecule has 0 saturated heterocycles. The number of halogens is 1. The summed E-state index contributed by atoms with van der Waals surface area (Å²) in [5.41, 5.74) is 6.37. The van der Waals surface area contributed by atoms with Crippen LogP contribution in [0.25, 0.3) is 0 Å². The number of rotatable bonds is 5. The van der Waals surface area contributed by atoms with E-state index in [0.29, 0.717) is 23.7 Å². The highest BCUT2D eigenvalue weighted by Crippen LogP contribution is 2.25. The molecule has 3 N–H and O–H groups in total. The molecule has 0 aliphatic carbocycles. The van der Waals surface area contributed by atoms with Crippen molar-refractivity contribution >= 4 is 17.5 Å². The van der Waals surface area contributed by atoms with Gasteiger partial charge >= 0.3 is 0 Å². The van der Waals surface area contributed by atoms with Crippen LogP contribution in [0.4, 0.5) is 0 Å². The summed E-state index contributed by atoms with van der Waals surface area (Å²) in [5.74, 6) is 0.470. The topological polar surface area (TPSA) is 64.4 Å². The van der Waals surface area contributed by atoms with Crippen LogP contribution in [0.3, 0.4) is 0 Å². The van der Waals surface area contributed by atoms with Gasteiger partial charge in [-0.3, -0.25) is 4.79 Å². The number of nitrogens with two attached hydrogens (primary N) is 1. The zero-order valence-corrected chi connectivity index (χ0v) is 10.8. The van der Waals surface area contributed by atoms with Crippen molar-refractivity contribution in [2.45, 2.75) is 25.9 Å². The molecular formula is C12H17ClN2O2. The highest BCUT2D eigenvalue weighted by atomic mass is 35.5. The molecule has 0 radical (unpaired) electrons. The SMILES string of the molecule is CC[C@H](N)C(=O)NCc1c(Cl)cccc1OC. The van der Waals surface area contributed by atoms with Gasteiger partial charge in [0.05, 0.1) is 13.2 Å². The van der Waals surface area contributed by atoms with Crippen LogP contribution < -0.4 is 15.8 Å². The van der Waals surface area contributed by atoms with Crippen LogP contribution in [0.15, 0.2) is 18.2 Å². The molecule has 0 unspecified atom stereocenters. The molecule has 0 bridgehead atoms. The van der Waals surface area contributed by atoms with Crippen molar-refractivity contribution in [3.05, 3.63) is 28.8 Å². The summed E-state index contributed by atoms with van der Waals surface area (Å²) in [4.78, 5) is 11.5. The third-order valence-corrected chi connectivity index (χ3v) is 2.87. The molecular weight excluding hydrogens is 240 g/mol. The van der Waals surface area contributed by atoms with Gasteiger partial charge in [0.1, 0.15) is 5.75 Å². The minimum atomic E-state index is -0.483. The lowest BCUT2D eigenvalue weighted by Crippen LogP contribution is -2.39. The first-order valence-electron chi connectivity index (χ1n) is 5.44. The number of carbonyl (C=O) groups excluding carboxylic acids is 1. The molecule has 1 rings (SSSR count). The zero-order chi connectivity index (χ0) is 12.8. The van der Waals surface area contributed by atoms with E-state index in [4.69, 9.17) is 22.1 Å². The average Bonchev–Trinajstić information content (AvgIpc) is 2.35. The first-order valence-corrected chi connectivity index (χ1v) is 5.82. The summed E-state index contributed by atoms with van der Waals surface area (Å²) < 4.78 is 5.18. The molecule has 0 spiro atoms. The van der Waals surface area contributed by atoms with Gasteiger partial charge in [0.25, 0.3) is 0 Å². The van der Waals surface area contributed by atoms with Crippen LogP contribution >= 0.6 is 11.6 Å². The fraction of sp³-hybridized carbons (Fsp3) is 0.417. The summed E-state index contributed by atoms with van der Waals surface area (Å²) in [7, 11) is 1.56. The van der Waals surface area contributed by atoms with E-state index in [-0.39, 0.29) is 5.91 Å². The predicted octanol–water partition coefficient (Wildman–Crippen LogP) is 1.70. The van der Waals surface area contributed by atoms with E-state index in [0.717, 1.165) is 5.56 Å². The second kappa shape index (κ2) is 6.47. The third-order valence-electron chi connectivity index (χ3n) is 2.51. The largest absolute Gasteiger partial charge is 0.496 e. The Bertz CT molecular complexity index is 396. The fourth-order valence-corrected chi connectivity index (χ4v) is 1.63. The van der Waals surface area contributed by atoms with E-state index < -0.39 is 6.04 Å². The summed E-state index contributed by atoms with van der Waals surface area (Å²) in [6.07, 6.45) is 0.603. The Kier molecular flexibility index (Phi) is 5.25. The summed E-state index contributed by atoms with van der Waals surface area (Å²) >= 11 is 6.04. The summed E-state index contributed by atoms with van der Waals surface area (Å²) in [6.45, 7) is 2.18. The van der Waals surface area contributed by atoms with Crippen molar-refractivity contribution in [2.75, 3.05) is 7.11 Å². The normalized spacial score (nSPS) is 12.0. The second-order valence-electron chi connectivity index (χ2n) is 3.65. The van der Waals surface area contributed by atoms with E-state index >= 15 is 0 Å². The molecule has 0 aliphatic heterocycles.